The van der Waals surface area contributed by atoms with E-state index in [0.29, 0.717) is 0 Å². The van der Waals surface area contributed by atoms with E-state index in [-0.39, 0.29) is 5.60 Å². The van der Waals surface area contributed by atoms with Crippen molar-refractivity contribution < 1.29 is 4.74 Å². The number of allylic oxidation sites excluding steroid dienone is 3. The Morgan fingerprint density at radius 3 is 2.83 bits per heavy atom. The molecular weight excluding hydrogens is 220 g/mol. The molecule has 0 aromatic heterocycles. The molecule has 1 aliphatic heterocycles. The minimum Gasteiger partial charge on any atom is -0.470 e. The number of fused-ring (bicyclic) bond motifs is 3. The van der Waals surface area contributed by atoms with Gasteiger partial charge in [-0.2, -0.15) is 0 Å². The first kappa shape index (κ1) is 8.76. The van der Waals surface area contributed by atoms with Gasteiger partial charge in [0, 0.05) is 5.57 Å². The maximum Gasteiger partial charge on any atom is 0.209 e. The van der Waals surface area contributed by atoms with Crippen molar-refractivity contribution in [3.05, 3.63) is 69.8 Å². The predicted molar refractivity (Wildman–Crippen MR) is 72.7 cm³/mol. The lowest BCUT2D eigenvalue weighted by Crippen LogP contribution is -2.27. The molecule has 1 nitrogen and oxygen atoms in total. The summed E-state index contributed by atoms with van der Waals surface area (Å²) in [7, 11) is 0. The van der Waals surface area contributed by atoms with Gasteiger partial charge < -0.3 is 4.74 Å². The molecule has 4 aliphatic rings. The van der Waals surface area contributed by atoms with Crippen molar-refractivity contribution in [1.82, 2.24) is 0 Å². The number of rotatable bonds is 0. The zero-order chi connectivity index (χ0) is 11.7. The third-order valence-electron chi connectivity index (χ3n) is 4.14. The van der Waals surface area contributed by atoms with Crippen molar-refractivity contribution in [1.29, 1.82) is 0 Å². The lowest BCUT2D eigenvalue weighted by molar-refractivity contribution is 0.418. The van der Waals surface area contributed by atoms with Crippen LogP contribution in [-0.2, 0) is 4.74 Å². The molecule has 1 fully saturated rings. The molecule has 1 heterocycles. The first-order chi connectivity index (χ1) is 8.88. The van der Waals surface area contributed by atoms with Gasteiger partial charge in [-0.25, -0.2) is 0 Å². The molecule has 0 amide bonds. The Morgan fingerprint density at radius 2 is 1.83 bits per heavy atom. The van der Waals surface area contributed by atoms with Crippen molar-refractivity contribution in [2.75, 3.05) is 0 Å². The zero-order valence-corrected chi connectivity index (χ0v) is 9.68. The number of ether oxygens (including phenoxy) is 1. The van der Waals surface area contributed by atoms with Gasteiger partial charge in [0.1, 0.15) is 0 Å². The van der Waals surface area contributed by atoms with Crippen LogP contribution in [-0.4, -0.2) is 5.60 Å². The second-order valence-corrected chi connectivity index (χ2v) is 5.03. The van der Waals surface area contributed by atoms with Gasteiger partial charge in [0.15, 0.2) is 5.76 Å². The van der Waals surface area contributed by atoms with Crippen molar-refractivity contribution in [2.24, 2.45) is 0 Å². The fraction of sp³-hybridized carbons (Fsp3) is 0.0588. The molecule has 1 saturated heterocycles. The summed E-state index contributed by atoms with van der Waals surface area (Å²) in [6, 6.07) is 4.41. The third kappa shape index (κ3) is 0.830. The fourth-order valence-corrected chi connectivity index (χ4v) is 3.19. The fourth-order valence-electron chi connectivity index (χ4n) is 3.19. The Bertz CT molecular complexity index is 846. The summed E-state index contributed by atoms with van der Waals surface area (Å²) in [5.74, 6) is 1.07. The molecule has 18 heavy (non-hydrogen) atoms. The predicted octanol–water partition coefficient (Wildman–Crippen LogP) is 1.89. The van der Waals surface area contributed by atoms with Crippen LogP contribution in [0.1, 0.15) is 11.1 Å². The van der Waals surface area contributed by atoms with Gasteiger partial charge in [-0.3, -0.25) is 0 Å². The van der Waals surface area contributed by atoms with E-state index in [1.54, 1.807) is 0 Å². The van der Waals surface area contributed by atoms with Crippen LogP contribution in [0.3, 0.4) is 0 Å². The zero-order valence-electron chi connectivity index (χ0n) is 9.68. The van der Waals surface area contributed by atoms with Crippen molar-refractivity contribution in [2.45, 2.75) is 5.60 Å². The molecule has 1 heteroatoms. The number of benzene rings is 1. The van der Waals surface area contributed by atoms with E-state index in [2.05, 4.69) is 60.7 Å². The Balaban J connectivity index is 1.98. The van der Waals surface area contributed by atoms with Crippen LogP contribution in [0.4, 0.5) is 0 Å². The highest BCUT2D eigenvalue weighted by molar-refractivity contribution is 5.87. The SMILES string of the molecule is C1=CC2=c3ccc4c(c3C=C[C@]23OC3=C1)C=CC=4. The number of hydrogen-bond acceptors (Lipinski definition) is 1. The standard InChI is InChI=1S/C17H10O/c1-3-11-7-8-14-13(12(11)4-1)9-10-17-15(14)5-2-6-16(17)18-17/h1-10H/t17-/m0/s1. The van der Waals surface area contributed by atoms with Gasteiger partial charge in [-0.05, 0) is 33.7 Å². The molecule has 1 atom stereocenters. The van der Waals surface area contributed by atoms with Crippen LogP contribution in [0, 0.1) is 0 Å². The lowest BCUT2D eigenvalue weighted by atomic mass is 9.84. The molecule has 1 spiro atoms. The van der Waals surface area contributed by atoms with Crippen LogP contribution in [0.25, 0.3) is 23.8 Å². The number of hydrogen-bond donors (Lipinski definition) is 0. The summed E-state index contributed by atoms with van der Waals surface area (Å²) in [5.41, 5.74) is 3.69. The largest absolute Gasteiger partial charge is 0.470 e. The molecule has 0 radical (unpaired) electrons. The highest BCUT2D eigenvalue weighted by atomic mass is 16.6. The van der Waals surface area contributed by atoms with Crippen LogP contribution in [0.2, 0.25) is 0 Å². The Hall–Kier alpha value is -2.28. The summed E-state index contributed by atoms with van der Waals surface area (Å²) >= 11 is 0. The lowest BCUT2D eigenvalue weighted by Gasteiger charge is -2.16. The normalized spacial score (nSPS) is 27.6. The molecule has 3 aliphatic carbocycles. The molecule has 0 bridgehead atoms. The second kappa shape index (κ2) is 2.59. The van der Waals surface area contributed by atoms with Gasteiger partial charge in [0.25, 0.3) is 0 Å². The Morgan fingerprint density at radius 1 is 0.889 bits per heavy atom. The molecule has 0 saturated carbocycles. The molecular formula is C17H10O. The first-order valence-corrected chi connectivity index (χ1v) is 6.22. The number of epoxide rings is 1. The van der Waals surface area contributed by atoms with E-state index in [9.17, 15) is 0 Å². The first-order valence-electron chi connectivity index (χ1n) is 6.22. The van der Waals surface area contributed by atoms with Gasteiger partial charge in [-0.15, -0.1) is 0 Å². The summed E-state index contributed by atoms with van der Waals surface area (Å²) in [4.78, 5) is 0. The van der Waals surface area contributed by atoms with E-state index < -0.39 is 0 Å². The van der Waals surface area contributed by atoms with Crippen molar-refractivity contribution >= 4 is 23.8 Å². The topological polar surface area (TPSA) is 12.5 Å². The monoisotopic (exact) mass is 230 g/mol. The average molecular weight is 230 g/mol. The maximum atomic E-state index is 5.79. The van der Waals surface area contributed by atoms with E-state index in [1.807, 2.05) is 0 Å². The van der Waals surface area contributed by atoms with Crippen LogP contribution < -0.4 is 10.4 Å². The molecule has 0 N–H and O–H groups in total. The van der Waals surface area contributed by atoms with Gasteiger partial charge >= 0.3 is 0 Å². The molecule has 0 unspecified atom stereocenters. The molecule has 1 aromatic carbocycles. The summed E-state index contributed by atoms with van der Waals surface area (Å²) in [6.07, 6.45) is 17.2. The summed E-state index contributed by atoms with van der Waals surface area (Å²) in [5, 5.41) is 2.61. The second-order valence-electron chi connectivity index (χ2n) is 5.03. The van der Waals surface area contributed by atoms with Gasteiger partial charge in [-0.1, -0.05) is 48.6 Å². The van der Waals surface area contributed by atoms with Crippen LogP contribution >= 0.6 is 0 Å². The Kier molecular flexibility index (Phi) is 1.26. The van der Waals surface area contributed by atoms with E-state index in [0.717, 1.165) is 5.76 Å². The van der Waals surface area contributed by atoms with E-state index in [1.165, 1.54) is 27.1 Å². The smallest absolute Gasteiger partial charge is 0.209 e. The summed E-state index contributed by atoms with van der Waals surface area (Å²) in [6.45, 7) is 0. The Labute approximate surface area is 104 Å². The molecule has 5 rings (SSSR count). The van der Waals surface area contributed by atoms with Gasteiger partial charge in [0.05, 0.1) is 0 Å². The highest BCUT2D eigenvalue weighted by Crippen LogP contribution is 2.52. The quantitative estimate of drug-likeness (QED) is 0.620. The maximum absolute atomic E-state index is 5.79. The van der Waals surface area contributed by atoms with Gasteiger partial charge in [0.2, 0.25) is 5.60 Å². The highest BCUT2D eigenvalue weighted by Gasteiger charge is 2.55. The van der Waals surface area contributed by atoms with Crippen LogP contribution in [0.5, 0.6) is 0 Å². The van der Waals surface area contributed by atoms with Crippen molar-refractivity contribution in [3.63, 3.8) is 0 Å². The van der Waals surface area contributed by atoms with Crippen LogP contribution in [0.15, 0.2) is 48.3 Å². The minimum absolute atomic E-state index is 0.234. The average Bonchev–Trinajstić information content (AvgIpc) is 2.91. The molecule has 1 aromatic rings. The molecule has 84 valence electrons. The summed E-state index contributed by atoms with van der Waals surface area (Å²) < 4.78 is 5.79. The minimum atomic E-state index is -0.234. The third-order valence-corrected chi connectivity index (χ3v) is 4.14. The van der Waals surface area contributed by atoms with E-state index in [4.69, 9.17) is 4.74 Å². The van der Waals surface area contributed by atoms with E-state index >= 15 is 0 Å². The van der Waals surface area contributed by atoms with Crippen molar-refractivity contribution in [3.8, 4) is 0 Å².